The van der Waals surface area contributed by atoms with E-state index in [9.17, 15) is 18.0 Å². The van der Waals surface area contributed by atoms with Crippen molar-refractivity contribution >= 4 is 39.1 Å². The largest absolute Gasteiger partial charge is 0.357 e. The molecule has 0 saturated carbocycles. The van der Waals surface area contributed by atoms with Crippen LogP contribution in [0, 0.1) is 13.8 Å². The highest BCUT2D eigenvalue weighted by atomic mass is 35.5. The number of amides is 2. The second-order valence-corrected chi connectivity index (χ2v) is 10.9. The number of carbonyl (C=O) groups excluding carboxylic acids is 2. The van der Waals surface area contributed by atoms with Crippen LogP contribution in [0.1, 0.15) is 23.6 Å². The molecule has 0 bridgehead atoms. The fraction of sp³-hybridized carbons (Fsp3) is 0.259. The fourth-order valence-corrected chi connectivity index (χ4v) is 5.26. The molecule has 190 valence electrons. The number of carbonyl (C=O) groups is 2. The summed E-state index contributed by atoms with van der Waals surface area (Å²) in [6, 6.07) is 19.5. The molecule has 1 atom stereocenters. The molecule has 9 heteroatoms. The van der Waals surface area contributed by atoms with Crippen molar-refractivity contribution in [3.05, 3.63) is 94.5 Å². The number of nitrogens with zero attached hydrogens (tertiary/aromatic N) is 2. The summed E-state index contributed by atoms with van der Waals surface area (Å²) in [6.07, 6.45) is 0. The zero-order valence-electron chi connectivity index (χ0n) is 20.7. The Balaban J connectivity index is 2.02. The lowest BCUT2D eigenvalue weighted by Gasteiger charge is -2.32. The number of anilines is 1. The summed E-state index contributed by atoms with van der Waals surface area (Å²) < 4.78 is 28.6. The van der Waals surface area contributed by atoms with E-state index in [1.54, 1.807) is 61.5 Å². The topological polar surface area (TPSA) is 86.8 Å². The number of hydrogen-bond donors (Lipinski definition) is 1. The van der Waals surface area contributed by atoms with Crippen LogP contribution in [0.4, 0.5) is 5.69 Å². The molecule has 3 rings (SSSR count). The van der Waals surface area contributed by atoms with Crippen LogP contribution in [0.25, 0.3) is 0 Å². The molecule has 36 heavy (non-hydrogen) atoms. The molecule has 0 aromatic heterocycles. The molecular formula is C27H30ClN3O4S. The van der Waals surface area contributed by atoms with Crippen molar-refractivity contribution in [2.75, 3.05) is 17.9 Å². The summed E-state index contributed by atoms with van der Waals surface area (Å²) in [5.74, 6) is -0.876. The van der Waals surface area contributed by atoms with Gasteiger partial charge in [0.15, 0.2) is 0 Å². The molecular weight excluding hydrogens is 498 g/mol. The molecule has 0 aliphatic rings. The van der Waals surface area contributed by atoms with Gasteiger partial charge in [-0.25, -0.2) is 8.42 Å². The summed E-state index contributed by atoms with van der Waals surface area (Å²) in [7, 11) is -2.59. The van der Waals surface area contributed by atoms with Gasteiger partial charge in [0.2, 0.25) is 11.8 Å². The van der Waals surface area contributed by atoms with Crippen LogP contribution < -0.4 is 9.62 Å². The summed E-state index contributed by atoms with van der Waals surface area (Å²) in [5.41, 5.74) is 2.89. The van der Waals surface area contributed by atoms with Crippen molar-refractivity contribution in [2.45, 2.75) is 38.3 Å². The minimum atomic E-state index is -4.08. The highest BCUT2D eigenvalue weighted by Gasteiger charge is 2.32. The Hall–Kier alpha value is -3.36. The predicted molar refractivity (Wildman–Crippen MR) is 142 cm³/mol. The van der Waals surface area contributed by atoms with Crippen LogP contribution in [0.5, 0.6) is 0 Å². The van der Waals surface area contributed by atoms with E-state index in [2.05, 4.69) is 5.32 Å². The number of benzene rings is 3. The third-order valence-electron chi connectivity index (χ3n) is 5.86. The van der Waals surface area contributed by atoms with E-state index in [1.807, 2.05) is 19.9 Å². The number of rotatable bonds is 9. The fourth-order valence-electron chi connectivity index (χ4n) is 3.73. The lowest BCUT2D eigenvalue weighted by Crippen LogP contribution is -2.50. The molecule has 0 fully saturated rings. The first-order valence-electron chi connectivity index (χ1n) is 11.4. The average molecular weight is 528 g/mol. The van der Waals surface area contributed by atoms with Gasteiger partial charge in [0, 0.05) is 18.6 Å². The standard InChI is InChI=1S/C27H30ClN3O4S/c1-19-8-14-25(15-9-19)36(34,35)31(24-7-5-6-20(2)16-24)18-26(32)30(21(3)27(33)29-4)17-22-10-12-23(28)13-11-22/h5-16,21H,17-18H2,1-4H3,(H,29,33). The van der Waals surface area contributed by atoms with E-state index in [0.717, 1.165) is 21.0 Å². The van der Waals surface area contributed by atoms with Crippen molar-refractivity contribution in [1.29, 1.82) is 0 Å². The van der Waals surface area contributed by atoms with E-state index in [-0.39, 0.29) is 17.3 Å². The van der Waals surface area contributed by atoms with Crippen molar-refractivity contribution in [3.8, 4) is 0 Å². The number of sulfonamides is 1. The van der Waals surface area contributed by atoms with E-state index in [0.29, 0.717) is 10.7 Å². The molecule has 0 aliphatic heterocycles. The van der Waals surface area contributed by atoms with Gasteiger partial charge in [-0.3, -0.25) is 13.9 Å². The van der Waals surface area contributed by atoms with E-state index >= 15 is 0 Å². The van der Waals surface area contributed by atoms with Crippen LogP contribution in [0.15, 0.2) is 77.7 Å². The van der Waals surface area contributed by atoms with Crippen molar-refractivity contribution in [3.63, 3.8) is 0 Å². The Morgan fingerprint density at radius 1 is 0.944 bits per heavy atom. The molecule has 0 spiro atoms. The molecule has 0 heterocycles. The number of halogens is 1. The van der Waals surface area contributed by atoms with Crippen LogP contribution in [0.3, 0.4) is 0 Å². The first kappa shape index (κ1) is 27.2. The van der Waals surface area contributed by atoms with Gasteiger partial charge < -0.3 is 10.2 Å². The second kappa shape index (κ2) is 11.6. The summed E-state index contributed by atoms with van der Waals surface area (Å²) >= 11 is 6.00. The van der Waals surface area contributed by atoms with E-state index in [4.69, 9.17) is 11.6 Å². The smallest absolute Gasteiger partial charge is 0.264 e. The Kier molecular flexibility index (Phi) is 8.76. The quantitative estimate of drug-likeness (QED) is 0.449. The molecule has 0 radical (unpaired) electrons. The van der Waals surface area contributed by atoms with Crippen molar-refractivity contribution < 1.29 is 18.0 Å². The molecule has 7 nitrogen and oxygen atoms in total. The van der Waals surface area contributed by atoms with Gasteiger partial charge in [-0.15, -0.1) is 0 Å². The lowest BCUT2D eigenvalue weighted by atomic mass is 10.1. The van der Waals surface area contributed by atoms with Gasteiger partial charge in [-0.1, -0.05) is 53.6 Å². The molecule has 1 unspecified atom stereocenters. The SMILES string of the molecule is CNC(=O)C(C)N(Cc1ccc(Cl)cc1)C(=O)CN(c1cccc(C)c1)S(=O)(=O)c1ccc(C)cc1. The third-order valence-corrected chi connectivity index (χ3v) is 7.90. The number of likely N-dealkylation sites (N-methyl/N-ethyl adjacent to an activating group) is 1. The van der Waals surface area contributed by atoms with Crippen LogP contribution in [-0.2, 0) is 26.2 Å². The van der Waals surface area contributed by atoms with Gasteiger partial charge in [-0.2, -0.15) is 0 Å². The van der Waals surface area contributed by atoms with Gasteiger partial charge in [0.05, 0.1) is 10.6 Å². The number of aryl methyl sites for hydroxylation is 2. The maximum atomic E-state index is 13.7. The summed E-state index contributed by atoms with van der Waals surface area (Å²) in [5, 5.41) is 3.11. The van der Waals surface area contributed by atoms with Crippen LogP contribution in [0.2, 0.25) is 5.02 Å². The number of hydrogen-bond acceptors (Lipinski definition) is 4. The monoisotopic (exact) mass is 527 g/mol. The molecule has 0 saturated heterocycles. The zero-order valence-corrected chi connectivity index (χ0v) is 22.3. The van der Waals surface area contributed by atoms with Gasteiger partial charge in [-0.05, 0) is 68.3 Å². The zero-order chi connectivity index (χ0) is 26.5. The van der Waals surface area contributed by atoms with Gasteiger partial charge >= 0.3 is 0 Å². The summed E-state index contributed by atoms with van der Waals surface area (Å²) in [4.78, 5) is 27.6. The van der Waals surface area contributed by atoms with E-state index in [1.165, 1.54) is 24.1 Å². The van der Waals surface area contributed by atoms with Gasteiger partial charge in [0.1, 0.15) is 12.6 Å². The highest BCUT2D eigenvalue weighted by molar-refractivity contribution is 7.92. The minimum absolute atomic E-state index is 0.0750. The Morgan fingerprint density at radius 2 is 1.58 bits per heavy atom. The highest BCUT2D eigenvalue weighted by Crippen LogP contribution is 2.25. The van der Waals surface area contributed by atoms with Crippen molar-refractivity contribution in [1.82, 2.24) is 10.2 Å². The maximum absolute atomic E-state index is 13.7. The molecule has 0 aliphatic carbocycles. The van der Waals surface area contributed by atoms with Crippen LogP contribution >= 0.6 is 11.6 Å². The Morgan fingerprint density at radius 3 is 2.17 bits per heavy atom. The minimum Gasteiger partial charge on any atom is -0.357 e. The average Bonchev–Trinajstić information content (AvgIpc) is 2.86. The molecule has 3 aromatic rings. The Bertz CT molecular complexity index is 1330. The van der Waals surface area contributed by atoms with Crippen molar-refractivity contribution in [2.24, 2.45) is 0 Å². The molecule has 3 aromatic carbocycles. The number of nitrogens with one attached hydrogen (secondary N) is 1. The van der Waals surface area contributed by atoms with Gasteiger partial charge in [0.25, 0.3) is 10.0 Å². The maximum Gasteiger partial charge on any atom is 0.264 e. The predicted octanol–water partition coefficient (Wildman–Crippen LogP) is 4.32. The normalized spacial score (nSPS) is 12.0. The molecule has 2 amide bonds. The first-order valence-corrected chi connectivity index (χ1v) is 13.3. The second-order valence-electron chi connectivity index (χ2n) is 8.60. The summed E-state index contributed by atoms with van der Waals surface area (Å²) in [6.45, 7) is 4.96. The lowest BCUT2D eigenvalue weighted by molar-refractivity contribution is -0.139. The van der Waals surface area contributed by atoms with E-state index < -0.39 is 28.5 Å². The molecule has 1 N–H and O–H groups in total. The Labute approximate surface area is 217 Å². The third kappa shape index (κ3) is 6.44. The first-order chi connectivity index (χ1) is 17.0. The van der Waals surface area contributed by atoms with Crippen LogP contribution in [-0.4, -0.2) is 44.8 Å².